The smallest absolute Gasteiger partial charge is 0.143 e. The number of aromatic nitrogens is 2. The van der Waals surface area contributed by atoms with Crippen molar-refractivity contribution < 1.29 is 0 Å². The lowest BCUT2D eigenvalue weighted by Gasteiger charge is -1.91. The topological polar surface area (TPSA) is 51.8 Å². The van der Waals surface area contributed by atoms with E-state index in [0.717, 1.165) is 0 Å². The van der Waals surface area contributed by atoms with Gasteiger partial charge in [0, 0.05) is 6.20 Å². The van der Waals surface area contributed by atoms with Crippen molar-refractivity contribution in [1.82, 2.24) is 9.97 Å². The summed E-state index contributed by atoms with van der Waals surface area (Å²) in [5, 5.41) is 0.436. The fraction of sp³-hybridized carbons (Fsp3) is 0.200. The first-order valence-electron chi connectivity index (χ1n) is 2.50. The second-order valence-electron chi connectivity index (χ2n) is 1.50. The molecule has 0 amide bonds. The molecular formula is C5H6ClN3. The number of nitrogens with two attached hydrogens (primary N) is 1. The third kappa shape index (κ3) is 1.62. The number of halogens is 1. The van der Waals surface area contributed by atoms with Crippen LogP contribution in [0.5, 0.6) is 0 Å². The van der Waals surface area contributed by atoms with E-state index < -0.39 is 0 Å². The van der Waals surface area contributed by atoms with Gasteiger partial charge in [-0.15, -0.1) is 0 Å². The van der Waals surface area contributed by atoms with E-state index >= 15 is 0 Å². The number of hydrogen-bond donors (Lipinski definition) is 1. The summed E-state index contributed by atoms with van der Waals surface area (Å²) in [6.07, 6.45) is 1.58. The van der Waals surface area contributed by atoms with Gasteiger partial charge in [-0.3, -0.25) is 0 Å². The molecule has 0 saturated carbocycles. The Labute approximate surface area is 57.9 Å². The second-order valence-corrected chi connectivity index (χ2v) is 1.89. The molecule has 0 aliphatic rings. The van der Waals surface area contributed by atoms with Crippen molar-refractivity contribution in [3.8, 4) is 0 Å². The summed E-state index contributed by atoms with van der Waals surface area (Å²) in [7, 11) is 0. The van der Waals surface area contributed by atoms with Crippen molar-refractivity contribution in [2.24, 2.45) is 5.73 Å². The Hall–Kier alpha value is -0.670. The van der Waals surface area contributed by atoms with E-state index in [2.05, 4.69) is 9.97 Å². The van der Waals surface area contributed by atoms with Crippen LogP contribution in [0.1, 0.15) is 5.82 Å². The second kappa shape index (κ2) is 2.75. The lowest BCUT2D eigenvalue weighted by atomic mass is 10.6. The summed E-state index contributed by atoms with van der Waals surface area (Å²) >= 11 is 5.52. The summed E-state index contributed by atoms with van der Waals surface area (Å²) in [4.78, 5) is 7.66. The minimum Gasteiger partial charge on any atom is -0.324 e. The molecule has 1 heterocycles. The highest BCUT2D eigenvalue weighted by atomic mass is 35.5. The van der Waals surface area contributed by atoms with Crippen LogP contribution in [0.4, 0.5) is 0 Å². The molecule has 1 aromatic rings. The van der Waals surface area contributed by atoms with Crippen LogP contribution in [-0.2, 0) is 6.54 Å². The van der Waals surface area contributed by atoms with Gasteiger partial charge in [-0.05, 0) is 6.07 Å². The first kappa shape index (κ1) is 6.45. The molecule has 3 nitrogen and oxygen atoms in total. The van der Waals surface area contributed by atoms with Gasteiger partial charge in [-0.2, -0.15) is 0 Å². The summed E-state index contributed by atoms with van der Waals surface area (Å²) < 4.78 is 0. The highest BCUT2D eigenvalue weighted by Gasteiger charge is 1.90. The first-order valence-corrected chi connectivity index (χ1v) is 2.88. The third-order valence-electron chi connectivity index (χ3n) is 0.854. The molecule has 4 heteroatoms. The molecule has 0 fully saturated rings. The molecule has 48 valence electrons. The van der Waals surface area contributed by atoms with Gasteiger partial charge >= 0.3 is 0 Å². The van der Waals surface area contributed by atoms with Crippen molar-refractivity contribution in [2.45, 2.75) is 6.54 Å². The maximum Gasteiger partial charge on any atom is 0.143 e. The Morgan fingerprint density at radius 1 is 1.67 bits per heavy atom. The number of rotatable bonds is 1. The lowest BCUT2D eigenvalue weighted by molar-refractivity contribution is 0.909. The quantitative estimate of drug-likeness (QED) is 0.586. The zero-order valence-corrected chi connectivity index (χ0v) is 5.47. The number of hydrogen-bond acceptors (Lipinski definition) is 3. The Balaban J connectivity index is 2.94. The van der Waals surface area contributed by atoms with Crippen molar-refractivity contribution in [1.29, 1.82) is 0 Å². The molecule has 0 radical (unpaired) electrons. The van der Waals surface area contributed by atoms with Crippen LogP contribution in [0.3, 0.4) is 0 Å². The molecule has 1 aromatic heterocycles. The fourth-order valence-electron chi connectivity index (χ4n) is 0.473. The van der Waals surface area contributed by atoms with Crippen LogP contribution in [0.25, 0.3) is 0 Å². The van der Waals surface area contributed by atoms with E-state index in [1.165, 1.54) is 0 Å². The third-order valence-corrected chi connectivity index (χ3v) is 1.06. The molecule has 1 rings (SSSR count). The van der Waals surface area contributed by atoms with Crippen molar-refractivity contribution in [2.75, 3.05) is 0 Å². The largest absolute Gasteiger partial charge is 0.324 e. The van der Waals surface area contributed by atoms with E-state index in [9.17, 15) is 0 Å². The SMILES string of the molecule is NCc1nccc(Cl)n1. The molecule has 0 unspecified atom stereocenters. The molecular weight excluding hydrogens is 138 g/mol. The van der Waals surface area contributed by atoms with Gasteiger partial charge in [0.25, 0.3) is 0 Å². The van der Waals surface area contributed by atoms with Gasteiger partial charge in [0.05, 0.1) is 6.54 Å². The molecule has 0 atom stereocenters. The molecule has 9 heavy (non-hydrogen) atoms. The van der Waals surface area contributed by atoms with Crippen molar-refractivity contribution in [3.05, 3.63) is 23.2 Å². The van der Waals surface area contributed by atoms with Crippen LogP contribution in [0.15, 0.2) is 12.3 Å². The Morgan fingerprint density at radius 3 is 2.89 bits per heavy atom. The highest BCUT2D eigenvalue weighted by Crippen LogP contribution is 2.00. The van der Waals surface area contributed by atoms with E-state index in [-0.39, 0.29) is 0 Å². The molecule has 2 N–H and O–H groups in total. The lowest BCUT2D eigenvalue weighted by Crippen LogP contribution is -2.01. The zero-order valence-electron chi connectivity index (χ0n) is 4.71. The van der Waals surface area contributed by atoms with Gasteiger partial charge in [-0.25, -0.2) is 9.97 Å². The van der Waals surface area contributed by atoms with Crippen LogP contribution >= 0.6 is 11.6 Å². The van der Waals surface area contributed by atoms with Crippen LogP contribution < -0.4 is 5.73 Å². The molecule has 0 aliphatic heterocycles. The number of nitrogens with zero attached hydrogens (tertiary/aromatic N) is 2. The van der Waals surface area contributed by atoms with E-state index in [0.29, 0.717) is 17.5 Å². The summed E-state index contributed by atoms with van der Waals surface area (Å²) in [6.45, 7) is 0.334. The zero-order chi connectivity index (χ0) is 6.69. The minimum absolute atomic E-state index is 0.334. The van der Waals surface area contributed by atoms with Gasteiger partial charge in [-0.1, -0.05) is 11.6 Å². The van der Waals surface area contributed by atoms with Gasteiger partial charge in [0.15, 0.2) is 0 Å². The molecule has 0 saturated heterocycles. The first-order chi connectivity index (χ1) is 4.33. The molecule has 0 spiro atoms. The Morgan fingerprint density at radius 2 is 2.44 bits per heavy atom. The average molecular weight is 144 g/mol. The Kier molecular flexibility index (Phi) is 1.97. The van der Waals surface area contributed by atoms with Crippen molar-refractivity contribution >= 4 is 11.6 Å². The van der Waals surface area contributed by atoms with Gasteiger partial charge in [0.2, 0.25) is 0 Å². The molecule has 0 aromatic carbocycles. The predicted molar refractivity (Wildman–Crippen MR) is 34.9 cm³/mol. The normalized spacial score (nSPS) is 9.56. The van der Waals surface area contributed by atoms with Gasteiger partial charge in [0.1, 0.15) is 11.0 Å². The maximum atomic E-state index is 5.52. The molecule has 0 aliphatic carbocycles. The molecule has 0 bridgehead atoms. The van der Waals surface area contributed by atoms with E-state index in [4.69, 9.17) is 17.3 Å². The maximum absolute atomic E-state index is 5.52. The van der Waals surface area contributed by atoms with Crippen LogP contribution in [-0.4, -0.2) is 9.97 Å². The highest BCUT2D eigenvalue weighted by molar-refractivity contribution is 6.29. The summed E-state index contributed by atoms with van der Waals surface area (Å²) in [5.74, 6) is 0.572. The summed E-state index contributed by atoms with van der Waals surface area (Å²) in [5.41, 5.74) is 5.24. The standard InChI is InChI=1S/C5H6ClN3/c6-4-1-2-8-5(3-7)9-4/h1-2H,3,7H2. The van der Waals surface area contributed by atoms with Crippen molar-refractivity contribution in [3.63, 3.8) is 0 Å². The average Bonchev–Trinajstić information content (AvgIpc) is 1.88. The summed E-state index contributed by atoms with van der Waals surface area (Å²) in [6, 6.07) is 1.61. The predicted octanol–water partition coefficient (Wildman–Crippen LogP) is 0.589. The van der Waals surface area contributed by atoms with Crippen LogP contribution in [0.2, 0.25) is 5.15 Å². The minimum atomic E-state index is 0.334. The monoisotopic (exact) mass is 143 g/mol. The van der Waals surface area contributed by atoms with Crippen LogP contribution in [0, 0.1) is 0 Å². The fourth-order valence-corrected chi connectivity index (χ4v) is 0.626. The van der Waals surface area contributed by atoms with E-state index in [1.54, 1.807) is 12.3 Å². The van der Waals surface area contributed by atoms with E-state index in [1.807, 2.05) is 0 Å². The Bertz CT molecular complexity index is 201. The van der Waals surface area contributed by atoms with Gasteiger partial charge < -0.3 is 5.73 Å².